The van der Waals surface area contributed by atoms with Crippen molar-refractivity contribution in [3.8, 4) is 11.5 Å². The highest BCUT2D eigenvalue weighted by Gasteiger charge is 2.50. The van der Waals surface area contributed by atoms with Crippen molar-refractivity contribution < 1.29 is 9.47 Å². The number of benzene rings is 3. The third kappa shape index (κ3) is 3.81. The molecule has 0 aromatic heterocycles. The summed E-state index contributed by atoms with van der Waals surface area (Å²) < 4.78 is 11.9. The maximum Gasteiger partial charge on any atom is 0.161 e. The third-order valence-corrected chi connectivity index (χ3v) is 6.53. The molecule has 1 unspecified atom stereocenters. The van der Waals surface area contributed by atoms with E-state index in [1.54, 1.807) is 0 Å². The monoisotopic (exact) mass is 453 g/mol. The molecule has 0 bridgehead atoms. The molecule has 2 heterocycles. The number of rotatable bonds is 7. The first-order chi connectivity index (χ1) is 16.6. The number of hydrogen-bond donors (Lipinski definition) is 0. The number of para-hydroxylation sites is 1. The molecule has 0 aliphatic carbocycles. The van der Waals surface area contributed by atoms with Crippen LogP contribution in [0.5, 0.6) is 11.5 Å². The average molecular weight is 454 g/mol. The van der Waals surface area contributed by atoms with Gasteiger partial charge in [0.05, 0.1) is 18.9 Å². The summed E-state index contributed by atoms with van der Waals surface area (Å²) in [7, 11) is 0. The van der Waals surface area contributed by atoms with E-state index in [-0.39, 0.29) is 0 Å². The summed E-state index contributed by atoms with van der Waals surface area (Å²) >= 11 is 0. The molecule has 0 amide bonds. The summed E-state index contributed by atoms with van der Waals surface area (Å²) in [6.45, 7) is 8.32. The van der Waals surface area contributed by atoms with Crippen LogP contribution in [0.4, 0.5) is 5.69 Å². The van der Waals surface area contributed by atoms with Gasteiger partial charge in [0.2, 0.25) is 0 Å². The van der Waals surface area contributed by atoms with Crippen molar-refractivity contribution in [3.63, 3.8) is 0 Å². The van der Waals surface area contributed by atoms with Gasteiger partial charge in [0, 0.05) is 12.1 Å². The average Bonchev–Trinajstić information content (AvgIpc) is 3.17. The lowest BCUT2D eigenvalue weighted by molar-refractivity contribution is 0.195. The Balaban J connectivity index is 1.62. The zero-order valence-electron chi connectivity index (χ0n) is 20.1. The number of fused-ring (bicyclic) bond motifs is 3. The second kappa shape index (κ2) is 9.26. The van der Waals surface area contributed by atoms with Crippen molar-refractivity contribution in [3.05, 3.63) is 95.6 Å². The van der Waals surface area contributed by atoms with Crippen LogP contribution >= 0.6 is 0 Å². The molecule has 1 atom stereocenters. The lowest BCUT2D eigenvalue weighted by atomic mass is 9.87. The van der Waals surface area contributed by atoms with E-state index in [9.17, 15) is 0 Å². The minimum absolute atomic E-state index is 0.484. The van der Waals surface area contributed by atoms with Crippen LogP contribution in [0, 0.1) is 0 Å². The van der Waals surface area contributed by atoms with Crippen LogP contribution in [-0.4, -0.2) is 30.5 Å². The molecule has 0 saturated heterocycles. The Bertz CT molecular complexity index is 1210. The molecule has 5 nitrogen and oxygen atoms in total. The lowest BCUT2D eigenvalue weighted by Crippen LogP contribution is -2.54. The molecule has 2 aliphatic rings. The molecule has 174 valence electrons. The van der Waals surface area contributed by atoms with E-state index in [0.717, 1.165) is 41.6 Å². The Morgan fingerprint density at radius 2 is 1.53 bits per heavy atom. The molecule has 34 heavy (non-hydrogen) atoms. The molecule has 0 spiro atoms. The minimum Gasteiger partial charge on any atom is -0.490 e. The van der Waals surface area contributed by atoms with Crippen molar-refractivity contribution >= 4 is 17.6 Å². The van der Waals surface area contributed by atoms with Crippen LogP contribution in [0.1, 0.15) is 37.5 Å². The highest BCUT2D eigenvalue weighted by molar-refractivity contribution is 6.00. The number of hydrogen-bond acceptors (Lipinski definition) is 5. The molecule has 0 fully saturated rings. The number of hydrazone groups is 1. The maximum absolute atomic E-state index is 6.01. The quantitative estimate of drug-likeness (QED) is 0.436. The second-order valence-corrected chi connectivity index (χ2v) is 8.59. The molecular formula is C29H31N3O2. The molecular weight excluding hydrogens is 422 g/mol. The molecule has 0 N–H and O–H groups in total. The highest BCUT2D eigenvalue weighted by atomic mass is 16.5. The fourth-order valence-corrected chi connectivity index (χ4v) is 4.94. The first-order valence-electron chi connectivity index (χ1n) is 12.0. The van der Waals surface area contributed by atoms with Gasteiger partial charge in [-0.3, -0.25) is 0 Å². The van der Waals surface area contributed by atoms with Crippen LogP contribution in [0.3, 0.4) is 0 Å². The van der Waals surface area contributed by atoms with Gasteiger partial charge in [-0.1, -0.05) is 54.6 Å². The van der Waals surface area contributed by atoms with E-state index in [2.05, 4.69) is 89.6 Å². The summed E-state index contributed by atoms with van der Waals surface area (Å²) in [5.41, 5.74) is 4.19. The first kappa shape index (κ1) is 22.1. The third-order valence-electron chi connectivity index (χ3n) is 6.53. The summed E-state index contributed by atoms with van der Waals surface area (Å²) in [4.78, 5) is 2.40. The van der Waals surface area contributed by atoms with E-state index in [0.29, 0.717) is 13.2 Å². The zero-order valence-corrected chi connectivity index (χ0v) is 20.1. The summed E-state index contributed by atoms with van der Waals surface area (Å²) in [5, 5.41) is 7.28. The maximum atomic E-state index is 6.01. The molecule has 2 aliphatic heterocycles. The number of nitrogens with zero attached hydrogens (tertiary/aromatic N) is 3. The van der Waals surface area contributed by atoms with Gasteiger partial charge in [-0.05, 0) is 68.7 Å². The predicted molar refractivity (Wildman–Crippen MR) is 138 cm³/mol. The Morgan fingerprint density at radius 1 is 0.882 bits per heavy atom. The Labute approximate surface area is 201 Å². The summed E-state index contributed by atoms with van der Waals surface area (Å²) in [6.07, 6.45) is 5.17. The molecule has 3 aromatic carbocycles. The van der Waals surface area contributed by atoms with Gasteiger partial charge in [0.15, 0.2) is 23.0 Å². The SMILES string of the molecule is CCOc1cc2c(cc1OCC)C1(C)N(CC2)C(/C=C/c2ccccc2)=NN1c1ccccc1. The smallest absolute Gasteiger partial charge is 0.161 e. The van der Waals surface area contributed by atoms with Crippen molar-refractivity contribution in [2.45, 2.75) is 32.9 Å². The Kier molecular flexibility index (Phi) is 6.01. The summed E-state index contributed by atoms with van der Waals surface area (Å²) in [6, 6.07) is 25.1. The van der Waals surface area contributed by atoms with Gasteiger partial charge in [-0.15, -0.1) is 0 Å². The topological polar surface area (TPSA) is 37.3 Å². The van der Waals surface area contributed by atoms with Crippen molar-refractivity contribution in [1.29, 1.82) is 0 Å². The molecule has 0 radical (unpaired) electrons. The fraction of sp³-hybridized carbons (Fsp3) is 0.276. The predicted octanol–water partition coefficient (Wildman–Crippen LogP) is 6.06. The van der Waals surface area contributed by atoms with Gasteiger partial charge in [-0.25, -0.2) is 5.01 Å². The van der Waals surface area contributed by atoms with Crippen molar-refractivity contribution in [1.82, 2.24) is 4.90 Å². The van der Waals surface area contributed by atoms with Gasteiger partial charge >= 0.3 is 0 Å². The fourth-order valence-electron chi connectivity index (χ4n) is 4.94. The molecule has 0 saturated carbocycles. The van der Waals surface area contributed by atoms with Crippen LogP contribution in [0.15, 0.2) is 84.0 Å². The first-order valence-corrected chi connectivity index (χ1v) is 12.0. The van der Waals surface area contributed by atoms with Gasteiger partial charge in [0.25, 0.3) is 0 Å². The molecule has 5 rings (SSSR count). The summed E-state index contributed by atoms with van der Waals surface area (Å²) in [5.74, 6) is 2.55. The van der Waals surface area contributed by atoms with Crippen LogP contribution < -0.4 is 14.5 Å². The highest BCUT2D eigenvalue weighted by Crippen LogP contribution is 2.47. The Hall–Kier alpha value is -3.73. The van der Waals surface area contributed by atoms with Crippen molar-refractivity contribution in [2.75, 3.05) is 24.8 Å². The van der Waals surface area contributed by atoms with E-state index in [1.807, 2.05) is 26.0 Å². The van der Waals surface area contributed by atoms with E-state index < -0.39 is 5.66 Å². The van der Waals surface area contributed by atoms with E-state index in [4.69, 9.17) is 14.6 Å². The molecule has 5 heteroatoms. The lowest BCUT2D eigenvalue weighted by Gasteiger charge is -2.46. The number of anilines is 1. The second-order valence-electron chi connectivity index (χ2n) is 8.59. The minimum atomic E-state index is -0.484. The van der Waals surface area contributed by atoms with Crippen molar-refractivity contribution in [2.24, 2.45) is 5.10 Å². The van der Waals surface area contributed by atoms with Gasteiger partial charge in [-0.2, -0.15) is 5.10 Å². The van der Waals surface area contributed by atoms with Gasteiger partial charge < -0.3 is 14.4 Å². The largest absolute Gasteiger partial charge is 0.490 e. The normalized spacial score (nSPS) is 19.1. The zero-order chi connectivity index (χ0) is 23.5. The number of amidine groups is 1. The molecule has 3 aromatic rings. The van der Waals surface area contributed by atoms with E-state index in [1.165, 1.54) is 11.1 Å². The number of ether oxygens (including phenoxy) is 2. The van der Waals surface area contributed by atoms with Crippen LogP contribution in [0.2, 0.25) is 0 Å². The van der Waals surface area contributed by atoms with Crippen LogP contribution in [-0.2, 0) is 12.1 Å². The standard InChI is InChI=1S/C29H31N3O2/c1-4-33-26-20-23-18-19-31-28(17-16-22-12-8-6-9-13-22)30-32(24-14-10-7-11-15-24)29(31,3)25(23)21-27(26)34-5-2/h6-17,20-21H,4-5,18-19H2,1-3H3/b17-16+. The van der Waals surface area contributed by atoms with Crippen LogP contribution in [0.25, 0.3) is 6.08 Å². The van der Waals surface area contributed by atoms with Gasteiger partial charge in [0.1, 0.15) is 0 Å². The van der Waals surface area contributed by atoms with E-state index >= 15 is 0 Å². The Morgan fingerprint density at radius 3 is 2.21 bits per heavy atom.